The lowest BCUT2D eigenvalue weighted by molar-refractivity contribution is -0.140. The average Bonchev–Trinajstić information content (AvgIpc) is 2.41. The van der Waals surface area contributed by atoms with E-state index in [9.17, 15) is 4.79 Å². The summed E-state index contributed by atoms with van der Waals surface area (Å²) in [4.78, 5) is 13.9. The summed E-state index contributed by atoms with van der Waals surface area (Å²) in [5.41, 5.74) is 0. The van der Waals surface area contributed by atoms with Crippen LogP contribution < -0.4 is 5.32 Å². The third-order valence-electron chi connectivity index (χ3n) is 4.46. The third kappa shape index (κ3) is 3.69. The third-order valence-corrected chi connectivity index (χ3v) is 4.46. The zero-order valence-electron chi connectivity index (χ0n) is 11.7. The van der Waals surface area contributed by atoms with Crippen LogP contribution >= 0.6 is 0 Å². The molecular formula is C14H26N2O2. The molecule has 18 heavy (non-hydrogen) atoms. The average molecular weight is 254 g/mol. The largest absolute Gasteiger partial charge is 0.368 e. The minimum atomic E-state index is 0.155. The predicted molar refractivity (Wildman–Crippen MR) is 71.4 cm³/mol. The van der Waals surface area contributed by atoms with Crippen LogP contribution in [0.1, 0.15) is 33.1 Å². The van der Waals surface area contributed by atoms with Crippen molar-refractivity contribution in [1.82, 2.24) is 10.2 Å². The lowest BCUT2D eigenvalue weighted by Gasteiger charge is -2.33. The van der Waals surface area contributed by atoms with Gasteiger partial charge in [-0.05, 0) is 31.1 Å². The summed E-state index contributed by atoms with van der Waals surface area (Å²) >= 11 is 0. The molecule has 1 amide bonds. The van der Waals surface area contributed by atoms with Crippen LogP contribution in [0.15, 0.2) is 0 Å². The first kappa shape index (κ1) is 13.8. The van der Waals surface area contributed by atoms with E-state index in [1.54, 1.807) is 0 Å². The zero-order valence-corrected chi connectivity index (χ0v) is 11.7. The van der Waals surface area contributed by atoms with E-state index >= 15 is 0 Å². The number of piperazine rings is 1. The van der Waals surface area contributed by atoms with Crippen LogP contribution in [0.4, 0.5) is 0 Å². The van der Waals surface area contributed by atoms with E-state index in [-0.39, 0.29) is 12.5 Å². The molecule has 1 N–H and O–H groups in total. The lowest BCUT2D eigenvalue weighted by atomic mass is 9.80. The summed E-state index contributed by atoms with van der Waals surface area (Å²) in [6.07, 6.45) is 3.74. The van der Waals surface area contributed by atoms with Gasteiger partial charge in [0, 0.05) is 26.2 Å². The molecule has 2 aliphatic rings. The smallest absolute Gasteiger partial charge is 0.248 e. The maximum atomic E-state index is 12.0. The Morgan fingerprint density at radius 1 is 1.22 bits per heavy atom. The predicted octanol–water partition coefficient (Wildman–Crippen LogP) is 1.26. The number of rotatable bonds is 3. The fourth-order valence-electron chi connectivity index (χ4n) is 2.84. The van der Waals surface area contributed by atoms with Gasteiger partial charge < -0.3 is 15.0 Å². The number of nitrogens with one attached hydrogen (secondary N) is 1. The van der Waals surface area contributed by atoms with E-state index in [1.807, 2.05) is 4.90 Å². The van der Waals surface area contributed by atoms with Gasteiger partial charge in [-0.2, -0.15) is 0 Å². The van der Waals surface area contributed by atoms with Crippen molar-refractivity contribution in [3.8, 4) is 0 Å². The quantitative estimate of drug-likeness (QED) is 0.824. The van der Waals surface area contributed by atoms with Crippen LogP contribution in [0.3, 0.4) is 0 Å². The Morgan fingerprint density at radius 3 is 2.61 bits per heavy atom. The van der Waals surface area contributed by atoms with Crippen molar-refractivity contribution in [2.24, 2.45) is 11.8 Å². The zero-order chi connectivity index (χ0) is 13.0. The van der Waals surface area contributed by atoms with Crippen LogP contribution in [-0.4, -0.2) is 49.7 Å². The van der Waals surface area contributed by atoms with E-state index in [0.717, 1.165) is 50.9 Å². The highest BCUT2D eigenvalue weighted by molar-refractivity contribution is 5.77. The van der Waals surface area contributed by atoms with Crippen molar-refractivity contribution in [1.29, 1.82) is 0 Å². The molecule has 0 aromatic rings. The highest BCUT2D eigenvalue weighted by atomic mass is 16.5. The van der Waals surface area contributed by atoms with Gasteiger partial charge in [-0.25, -0.2) is 0 Å². The monoisotopic (exact) mass is 254 g/mol. The normalized spacial score (nSPS) is 33.4. The molecule has 1 aliphatic heterocycles. The minimum Gasteiger partial charge on any atom is -0.368 e. The molecule has 0 aromatic heterocycles. The van der Waals surface area contributed by atoms with Gasteiger partial charge in [0.1, 0.15) is 6.61 Å². The van der Waals surface area contributed by atoms with Crippen molar-refractivity contribution >= 4 is 5.91 Å². The number of carbonyl (C=O) groups is 1. The summed E-state index contributed by atoms with van der Waals surface area (Å²) in [6, 6.07) is 0. The topological polar surface area (TPSA) is 41.6 Å². The van der Waals surface area contributed by atoms with Crippen LogP contribution in [0, 0.1) is 11.8 Å². The molecule has 4 heteroatoms. The van der Waals surface area contributed by atoms with Gasteiger partial charge in [-0.3, -0.25) is 4.79 Å². The highest BCUT2D eigenvalue weighted by Crippen LogP contribution is 2.30. The van der Waals surface area contributed by atoms with Gasteiger partial charge in [0.25, 0.3) is 0 Å². The summed E-state index contributed by atoms with van der Waals surface area (Å²) in [5, 5.41) is 3.25. The highest BCUT2D eigenvalue weighted by Gasteiger charge is 2.26. The summed E-state index contributed by atoms with van der Waals surface area (Å²) < 4.78 is 5.81. The maximum Gasteiger partial charge on any atom is 0.248 e. The second-order valence-electron chi connectivity index (χ2n) is 5.83. The molecule has 1 heterocycles. The van der Waals surface area contributed by atoms with Crippen molar-refractivity contribution in [2.45, 2.75) is 39.2 Å². The summed E-state index contributed by atoms with van der Waals surface area (Å²) in [6.45, 7) is 8.32. The van der Waals surface area contributed by atoms with Crippen molar-refractivity contribution in [2.75, 3.05) is 32.8 Å². The van der Waals surface area contributed by atoms with Gasteiger partial charge in [0.15, 0.2) is 0 Å². The molecule has 104 valence electrons. The van der Waals surface area contributed by atoms with Crippen molar-refractivity contribution in [3.63, 3.8) is 0 Å². The first-order valence-corrected chi connectivity index (χ1v) is 7.27. The van der Waals surface area contributed by atoms with E-state index in [2.05, 4.69) is 19.2 Å². The SMILES string of the molecule is CC1CCC(OCC(=O)N2CCNCC2)CC1C. The number of nitrogens with zero attached hydrogens (tertiary/aromatic N) is 1. The Hall–Kier alpha value is -0.610. The standard InChI is InChI=1S/C14H26N2O2/c1-11-3-4-13(9-12(11)2)18-10-14(17)16-7-5-15-6-8-16/h11-13,15H,3-10H2,1-2H3. The number of hydrogen-bond acceptors (Lipinski definition) is 3. The number of amides is 1. The Kier molecular flexibility index (Phi) is 5.01. The molecular weight excluding hydrogens is 228 g/mol. The molecule has 0 radical (unpaired) electrons. The Morgan fingerprint density at radius 2 is 1.94 bits per heavy atom. The Balaban J connectivity index is 1.69. The van der Waals surface area contributed by atoms with E-state index < -0.39 is 0 Å². The van der Waals surface area contributed by atoms with Crippen molar-refractivity contribution in [3.05, 3.63) is 0 Å². The molecule has 4 nitrogen and oxygen atoms in total. The van der Waals surface area contributed by atoms with E-state index in [0.29, 0.717) is 6.10 Å². The van der Waals surface area contributed by atoms with Crippen LogP contribution in [0.2, 0.25) is 0 Å². The summed E-state index contributed by atoms with van der Waals surface area (Å²) in [7, 11) is 0. The van der Waals surface area contributed by atoms with Crippen LogP contribution in [-0.2, 0) is 9.53 Å². The van der Waals surface area contributed by atoms with Crippen molar-refractivity contribution < 1.29 is 9.53 Å². The lowest BCUT2D eigenvalue weighted by Crippen LogP contribution is -2.48. The maximum absolute atomic E-state index is 12.0. The van der Waals surface area contributed by atoms with Crippen LogP contribution in [0.5, 0.6) is 0 Å². The second-order valence-corrected chi connectivity index (χ2v) is 5.83. The molecule has 3 atom stereocenters. The molecule has 0 aromatic carbocycles. The van der Waals surface area contributed by atoms with Gasteiger partial charge in [-0.15, -0.1) is 0 Å². The van der Waals surface area contributed by atoms with Gasteiger partial charge in [-0.1, -0.05) is 13.8 Å². The molecule has 0 spiro atoms. The van der Waals surface area contributed by atoms with Gasteiger partial charge in [0.05, 0.1) is 6.10 Å². The first-order valence-electron chi connectivity index (χ1n) is 7.27. The van der Waals surface area contributed by atoms with Gasteiger partial charge in [0.2, 0.25) is 5.91 Å². The van der Waals surface area contributed by atoms with Crippen LogP contribution in [0.25, 0.3) is 0 Å². The Labute approximate surface area is 110 Å². The molecule has 2 rings (SSSR count). The fraction of sp³-hybridized carbons (Fsp3) is 0.929. The second kappa shape index (κ2) is 6.53. The molecule has 1 saturated carbocycles. The Bertz CT molecular complexity index is 277. The number of ether oxygens (including phenoxy) is 1. The molecule has 3 unspecified atom stereocenters. The van der Waals surface area contributed by atoms with E-state index in [4.69, 9.17) is 4.74 Å². The first-order chi connectivity index (χ1) is 8.66. The number of hydrogen-bond donors (Lipinski definition) is 1. The number of carbonyl (C=O) groups excluding carboxylic acids is 1. The molecule has 1 saturated heterocycles. The molecule has 0 bridgehead atoms. The molecule has 1 aliphatic carbocycles. The molecule has 2 fully saturated rings. The fourth-order valence-corrected chi connectivity index (χ4v) is 2.84. The van der Waals surface area contributed by atoms with Gasteiger partial charge >= 0.3 is 0 Å². The minimum absolute atomic E-state index is 0.155. The summed E-state index contributed by atoms with van der Waals surface area (Å²) in [5.74, 6) is 1.68. The van der Waals surface area contributed by atoms with E-state index in [1.165, 1.54) is 6.42 Å².